The third-order valence-electron chi connectivity index (χ3n) is 10.7. The Morgan fingerprint density at radius 1 is 0.839 bits per heavy atom. The van der Waals surface area contributed by atoms with Crippen LogP contribution in [0.15, 0.2) is 72.8 Å². The Bertz CT molecular complexity index is 1920. The fraction of sp³-hybridized carbons (Fsp3) is 0.477. The van der Waals surface area contributed by atoms with E-state index in [9.17, 15) is 24.0 Å². The molecule has 3 aromatic rings. The zero-order valence-electron chi connectivity index (χ0n) is 33.5. The number of carbonyl (C=O) groups is 5. The number of nitrogens with one attached hydrogen (secondary N) is 3. The van der Waals surface area contributed by atoms with E-state index < -0.39 is 53.1 Å². The Hall–Kier alpha value is -5.39. The quantitative estimate of drug-likeness (QED) is 0.239. The highest BCUT2D eigenvalue weighted by molar-refractivity contribution is 5.94. The fourth-order valence-corrected chi connectivity index (χ4v) is 8.05. The molecule has 12 heteroatoms. The van der Waals surface area contributed by atoms with Crippen LogP contribution in [0.2, 0.25) is 0 Å². The van der Waals surface area contributed by atoms with E-state index >= 15 is 0 Å². The summed E-state index contributed by atoms with van der Waals surface area (Å²) in [6.45, 7) is 10.5. The van der Waals surface area contributed by atoms with Gasteiger partial charge in [-0.3, -0.25) is 14.4 Å². The van der Waals surface area contributed by atoms with Crippen molar-refractivity contribution in [2.24, 2.45) is 5.41 Å². The standard InChI is InChI=1S/C44H55N5O7/c1-43(2,3)38(47-37(50)25-48(7)42(54)56-44(4,5)6)40(52)49-24-28(23-36(49)39(51)46-35-22-14-16-27-15-8-9-17-29(27)35)45-41(53)55-26-34-32-20-12-10-18-30(32)31-19-11-13-21-33(31)34/h8-13,15,17-21,28,34-36,38H,14,16,22-26H2,1-7H3,(H,45,53)(H,46,51)(H,47,50)/t28-,35?,36?,38?/m0/s1. The Labute approximate surface area is 329 Å². The van der Waals surface area contributed by atoms with Crippen LogP contribution >= 0.6 is 0 Å². The number of ether oxygens (including phenoxy) is 2. The zero-order chi connectivity index (χ0) is 40.4. The molecule has 4 atom stereocenters. The number of alkyl carbamates (subject to hydrolysis) is 1. The molecule has 12 nitrogen and oxygen atoms in total. The van der Waals surface area contributed by atoms with Crippen molar-refractivity contribution in [1.82, 2.24) is 25.8 Å². The molecule has 2 aliphatic carbocycles. The number of rotatable bonds is 9. The van der Waals surface area contributed by atoms with E-state index in [1.807, 2.05) is 63.2 Å². The van der Waals surface area contributed by atoms with Crippen LogP contribution in [0.4, 0.5) is 9.59 Å². The van der Waals surface area contributed by atoms with E-state index in [0.717, 1.165) is 52.0 Å². The lowest BCUT2D eigenvalue weighted by Gasteiger charge is -2.36. The summed E-state index contributed by atoms with van der Waals surface area (Å²) in [4.78, 5) is 70.8. The first-order chi connectivity index (χ1) is 26.5. The lowest BCUT2D eigenvalue weighted by Crippen LogP contribution is -2.59. The summed E-state index contributed by atoms with van der Waals surface area (Å²) >= 11 is 0. The molecule has 1 aliphatic heterocycles. The molecule has 3 unspecified atom stereocenters. The van der Waals surface area contributed by atoms with Gasteiger partial charge in [0, 0.05) is 19.5 Å². The second kappa shape index (κ2) is 16.4. The third kappa shape index (κ3) is 9.17. The number of likely N-dealkylation sites (N-methyl/N-ethyl adjacent to an activating group) is 1. The minimum Gasteiger partial charge on any atom is -0.449 e. The largest absolute Gasteiger partial charge is 0.449 e. The first-order valence-electron chi connectivity index (χ1n) is 19.5. The second-order valence-electron chi connectivity index (χ2n) is 17.3. The molecule has 56 heavy (non-hydrogen) atoms. The summed E-state index contributed by atoms with van der Waals surface area (Å²) in [6.07, 6.45) is 1.45. The summed E-state index contributed by atoms with van der Waals surface area (Å²) in [6, 6.07) is 21.4. The van der Waals surface area contributed by atoms with Gasteiger partial charge in [0.25, 0.3) is 0 Å². The summed E-state index contributed by atoms with van der Waals surface area (Å²) in [5.74, 6) is -1.48. The molecule has 1 saturated heterocycles. The monoisotopic (exact) mass is 765 g/mol. The second-order valence-corrected chi connectivity index (χ2v) is 17.3. The van der Waals surface area contributed by atoms with Gasteiger partial charge in [-0.15, -0.1) is 0 Å². The third-order valence-corrected chi connectivity index (χ3v) is 10.7. The molecule has 0 aromatic heterocycles. The lowest BCUT2D eigenvalue weighted by atomic mass is 9.85. The minimum atomic E-state index is -1.05. The van der Waals surface area contributed by atoms with E-state index in [4.69, 9.17) is 9.47 Å². The normalized spacial score (nSPS) is 19.5. The molecule has 3 aromatic carbocycles. The van der Waals surface area contributed by atoms with Gasteiger partial charge in [0.2, 0.25) is 17.7 Å². The topological polar surface area (TPSA) is 146 Å². The van der Waals surface area contributed by atoms with Crippen molar-refractivity contribution in [1.29, 1.82) is 0 Å². The van der Waals surface area contributed by atoms with Crippen molar-refractivity contribution in [2.45, 2.75) is 103 Å². The van der Waals surface area contributed by atoms with Crippen LogP contribution in [0.5, 0.6) is 0 Å². The highest BCUT2D eigenvalue weighted by atomic mass is 16.6. The SMILES string of the molecule is CN(CC(=O)NC(C(=O)N1C[C@@H](NC(=O)OCC2c3ccccc3-c3ccccc32)CC1C(=O)NC1CCCc2ccccc21)C(C)(C)C)C(=O)OC(C)(C)C. The molecule has 0 bridgehead atoms. The average molecular weight is 766 g/mol. The van der Waals surface area contributed by atoms with Crippen LogP contribution in [0.25, 0.3) is 11.1 Å². The maximum absolute atomic E-state index is 14.6. The van der Waals surface area contributed by atoms with Gasteiger partial charge < -0.3 is 35.2 Å². The van der Waals surface area contributed by atoms with Gasteiger partial charge in [-0.2, -0.15) is 0 Å². The molecule has 0 radical (unpaired) electrons. The van der Waals surface area contributed by atoms with E-state index in [0.29, 0.717) is 0 Å². The van der Waals surface area contributed by atoms with Crippen molar-refractivity contribution >= 4 is 29.9 Å². The summed E-state index contributed by atoms with van der Waals surface area (Å²) in [5.41, 5.74) is 5.14. The number of amides is 5. The Morgan fingerprint density at radius 2 is 1.45 bits per heavy atom. The number of hydrogen-bond acceptors (Lipinski definition) is 7. The van der Waals surface area contributed by atoms with Crippen molar-refractivity contribution in [3.05, 3.63) is 95.1 Å². The number of nitrogens with zero attached hydrogens (tertiary/aromatic N) is 2. The van der Waals surface area contributed by atoms with Crippen molar-refractivity contribution in [2.75, 3.05) is 26.7 Å². The van der Waals surface area contributed by atoms with Crippen LogP contribution < -0.4 is 16.0 Å². The molecule has 0 spiro atoms. The molecule has 6 rings (SSSR count). The molecular formula is C44H55N5O7. The molecule has 298 valence electrons. The number of aryl methyl sites for hydroxylation is 1. The van der Waals surface area contributed by atoms with E-state index in [1.54, 1.807) is 20.8 Å². The molecule has 0 saturated carbocycles. The summed E-state index contributed by atoms with van der Waals surface area (Å²) in [7, 11) is 1.45. The molecule has 3 N–H and O–H groups in total. The number of carbonyl (C=O) groups excluding carboxylic acids is 5. The lowest BCUT2D eigenvalue weighted by molar-refractivity contribution is -0.144. The van der Waals surface area contributed by atoms with E-state index in [-0.39, 0.29) is 44.0 Å². The van der Waals surface area contributed by atoms with Crippen LogP contribution in [-0.2, 0) is 30.3 Å². The molecule has 3 aliphatic rings. The van der Waals surface area contributed by atoms with Crippen LogP contribution in [0.3, 0.4) is 0 Å². The summed E-state index contributed by atoms with van der Waals surface area (Å²) in [5, 5.41) is 8.98. The zero-order valence-corrected chi connectivity index (χ0v) is 33.5. The fourth-order valence-electron chi connectivity index (χ4n) is 8.05. The molecule has 5 amide bonds. The van der Waals surface area contributed by atoms with Gasteiger partial charge in [0.15, 0.2) is 0 Å². The highest BCUT2D eigenvalue weighted by Gasteiger charge is 2.46. The van der Waals surface area contributed by atoms with Crippen LogP contribution in [-0.4, -0.2) is 90.2 Å². The maximum Gasteiger partial charge on any atom is 0.410 e. The molecule has 1 fully saturated rings. The number of fused-ring (bicyclic) bond motifs is 4. The maximum atomic E-state index is 14.6. The Kier molecular flexibility index (Phi) is 11.8. The van der Waals surface area contributed by atoms with Gasteiger partial charge in [-0.05, 0) is 85.3 Å². The van der Waals surface area contributed by atoms with Gasteiger partial charge >= 0.3 is 12.2 Å². The predicted molar refractivity (Wildman–Crippen MR) is 213 cm³/mol. The van der Waals surface area contributed by atoms with Crippen molar-refractivity contribution < 1.29 is 33.4 Å². The smallest absolute Gasteiger partial charge is 0.410 e. The van der Waals surface area contributed by atoms with Gasteiger partial charge in [-0.25, -0.2) is 9.59 Å². The van der Waals surface area contributed by atoms with E-state index in [2.05, 4.69) is 46.3 Å². The molecular weight excluding hydrogens is 711 g/mol. The van der Waals surface area contributed by atoms with Crippen LogP contribution in [0.1, 0.15) is 95.0 Å². The first-order valence-corrected chi connectivity index (χ1v) is 19.5. The average Bonchev–Trinajstić information content (AvgIpc) is 3.71. The van der Waals surface area contributed by atoms with Crippen molar-refractivity contribution in [3.8, 4) is 11.1 Å². The molecule has 1 heterocycles. The Balaban J connectivity index is 1.18. The van der Waals surface area contributed by atoms with Crippen molar-refractivity contribution in [3.63, 3.8) is 0 Å². The summed E-state index contributed by atoms with van der Waals surface area (Å²) < 4.78 is 11.2. The number of hydrogen-bond donors (Lipinski definition) is 3. The van der Waals surface area contributed by atoms with Gasteiger partial charge in [0.1, 0.15) is 30.8 Å². The highest BCUT2D eigenvalue weighted by Crippen LogP contribution is 2.44. The van der Waals surface area contributed by atoms with Gasteiger partial charge in [0.05, 0.1) is 12.1 Å². The van der Waals surface area contributed by atoms with Crippen LogP contribution in [0, 0.1) is 5.41 Å². The predicted octanol–water partition coefficient (Wildman–Crippen LogP) is 6.09. The number of likely N-dealkylation sites (tertiary alicyclic amines) is 1. The Morgan fingerprint density at radius 3 is 2.07 bits per heavy atom. The first kappa shape index (κ1) is 40.3. The number of benzene rings is 3. The van der Waals surface area contributed by atoms with Gasteiger partial charge in [-0.1, -0.05) is 93.6 Å². The van der Waals surface area contributed by atoms with E-state index in [1.165, 1.54) is 17.5 Å². The minimum absolute atomic E-state index is 0.0304.